The second-order valence-corrected chi connectivity index (χ2v) is 3.63. The Balaban J connectivity index is 2.33. The summed E-state index contributed by atoms with van der Waals surface area (Å²) in [4.78, 5) is 0. The summed E-state index contributed by atoms with van der Waals surface area (Å²) in [6, 6.07) is 0.347. The van der Waals surface area contributed by atoms with Crippen LogP contribution in [0.25, 0.3) is 0 Å². The first-order chi connectivity index (χ1) is 6.63. The molecule has 4 heteroatoms. The molecule has 0 amide bonds. The first kappa shape index (κ1) is 11.2. The summed E-state index contributed by atoms with van der Waals surface area (Å²) < 4.78 is 7.03. The van der Waals surface area contributed by atoms with E-state index in [2.05, 4.69) is 24.3 Å². The van der Waals surface area contributed by atoms with Crippen LogP contribution in [0.1, 0.15) is 19.4 Å². The zero-order valence-electron chi connectivity index (χ0n) is 9.32. The minimum Gasteiger partial charge on any atom is -0.380 e. The van der Waals surface area contributed by atoms with Crippen LogP contribution in [0.4, 0.5) is 0 Å². The monoisotopic (exact) mass is 197 g/mol. The van der Waals surface area contributed by atoms with Gasteiger partial charge in [0, 0.05) is 38.5 Å². The van der Waals surface area contributed by atoms with Crippen LogP contribution < -0.4 is 5.32 Å². The third-order valence-electron chi connectivity index (χ3n) is 2.46. The Bertz CT molecular complexity index is 272. The predicted octanol–water partition coefficient (Wildman–Crippen LogP) is 0.933. The molecule has 1 aromatic rings. The van der Waals surface area contributed by atoms with Crippen molar-refractivity contribution in [3.8, 4) is 0 Å². The fraction of sp³-hybridized carbons (Fsp3) is 0.700. The van der Waals surface area contributed by atoms with Crippen LogP contribution in [0.15, 0.2) is 12.4 Å². The van der Waals surface area contributed by atoms with Crippen molar-refractivity contribution in [1.29, 1.82) is 0 Å². The molecule has 0 bridgehead atoms. The molecule has 2 atom stereocenters. The molecule has 0 radical (unpaired) electrons. The van der Waals surface area contributed by atoms with E-state index in [1.165, 1.54) is 5.56 Å². The summed E-state index contributed by atoms with van der Waals surface area (Å²) in [5.41, 5.74) is 1.20. The molecular formula is C10H19N3O. The Morgan fingerprint density at radius 2 is 2.29 bits per heavy atom. The second-order valence-electron chi connectivity index (χ2n) is 3.63. The molecule has 80 valence electrons. The van der Waals surface area contributed by atoms with Gasteiger partial charge in [-0.25, -0.2) is 0 Å². The van der Waals surface area contributed by atoms with Gasteiger partial charge in [0.25, 0.3) is 0 Å². The summed E-state index contributed by atoms with van der Waals surface area (Å²) in [7, 11) is 3.65. The van der Waals surface area contributed by atoms with Crippen molar-refractivity contribution in [2.45, 2.75) is 32.5 Å². The Kier molecular flexibility index (Phi) is 4.10. The minimum absolute atomic E-state index is 0.228. The van der Waals surface area contributed by atoms with Crippen LogP contribution in [0.3, 0.4) is 0 Å². The lowest BCUT2D eigenvalue weighted by Gasteiger charge is -2.19. The number of aryl methyl sites for hydroxylation is 1. The van der Waals surface area contributed by atoms with Gasteiger partial charge in [0.05, 0.1) is 12.3 Å². The fourth-order valence-corrected chi connectivity index (χ4v) is 1.21. The number of ether oxygens (including phenoxy) is 1. The SMILES string of the molecule is COC(C)C(C)NCc1cnn(C)c1. The van der Waals surface area contributed by atoms with Crippen LogP contribution in [-0.4, -0.2) is 29.0 Å². The van der Waals surface area contributed by atoms with E-state index in [0.717, 1.165) is 6.54 Å². The number of hydrogen-bond acceptors (Lipinski definition) is 3. The highest BCUT2D eigenvalue weighted by molar-refractivity contribution is 5.03. The molecule has 1 rings (SSSR count). The zero-order valence-corrected chi connectivity index (χ0v) is 9.32. The smallest absolute Gasteiger partial charge is 0.0693 e. The molecule has 2 unspecified atom stereocenters. The first-order valence-corrected chi connectivity index (χ1v) is 4.87. The fourth-order valence-electron chi connectivity index (χ4n) is 1.21. The van der Waals surface area contributed by atoms with Crippen molar-refractivity contribution < 1.29 is 4.74 Å². The standard InChI is InChI=1S/C10H19N3O/c1-8(9(2)14-4)11-5-10-6-12-13(3)7-10/h6-9,11H,5H2,1-4H3. The molecule has 1 N–H and O–H groups in total. The highest BCUT2D eigenvalue weighted by atomic mass is 16.5. The molecule has 14 heavy (non-hydrogen) atoms. The number of rotatable bonds is 5. The van der Waals surface area contributed by atoms with E-state index in [0.29, 0.717) is 6.04 Å². The lowest BCUT2D eigenvalue weighted by molar-refractivity contribution is 0.0882. The maximum absolute atomic E-state index is 5.22. The molecular weight excluding hydrogens is 178 g/mol. The topological polar surface area (TPSA) is 39.1 Å². The van der Waals surface area contributed by atoms with Crippen LogP contribution in [0.5, 0.6) is 0 Å². The Labute approximate surface area is 85.3 Å². The van der Waals surface area contributed by atoms with E-state index in [4.69, 9.17) is 4.74 Å². The van der Waals surface area contributed by atoms with E-state index >= 15 is 0 Å². The number of nitrogens with zero attached hydrogens (tertiary/aromatic N) is 2. The normalized spacial score (nSPS) is 15.4. The lowest BCUT2D eigenvalue weighted by atomic mass is 10.2. The van der Waals surface area contributed by atoms with Gasteiger partial charge in [-0.1, -0.05) is 0 Å². The number of aromatic nitrogens is 2. The maximum atomic E-state index is 5.22. The summed E-state index contributed by atoms with van der Waals surface area (Å²) in [5, 5.41) is 7.49. The largest absolute Gasteiger partial charge is 0.380 e. The van der Waals surface area contributed by atoms with Crippen molar-refractivity contribution in [3.05, 3.63) is 18.0 Å². The van der Waals surface area contributed by atoms with Crippen LogP contribution >= 0.6 is 0 Å². The lowest BCUT2D eigenvalue weighted by Crippen LogP contribution is -2.36. The van der Waals surface area contributed by atoms with Gasteiger partial charge < -0.3 is 10.1 Å². The molecule has 0 fully saturated rings. The van der Waals surface area contributed by atoms with E-state index in [1.807, 2.05) is 19.4 Å². The van der Waals surface area contributed by atoms with E-state index in [1.54, 1.807) is 11.8 Å². The van der Waals surface area contributed by atoms with Gasteiger partial charge in [0.1, 0.15) is 0 Å². The average molecular weight is 197 g/mol. The Hall–Kier alpha value is -0.870. The van der Waals surface area contributed by atoms with Gasteiger partial charge in [-0.2, -0.15) is 5.10 Å². The van der Waals surface area contributed by atoms with E-state index < -0.39 is 0 Å². The number of hydrogen-bond donors (Lipinski definition) is 1. The zero-order chi connectivity index (χ0) is 10.6. The van der Waals surface area contributed by atoms with Gasteiger partial charge in [-0.15, -0.1) is 0 Å². The molecule has 0 aliphatic heterocycles. The van der Waals surface area contributed by atoms with Gasteiger partial charge in [0.2, 0.25) is 0 Å². The first-order valence-electron chi connectivity index (χ1n) is 4.87. The molecule has 0 saturated carbocycles. The van der Waals surface area contributed by atoms with Gasteiger partial charge in [0.15, 0.2) is 0 Å². The van der Waals surface area contributed by atoms with Crippen molar-refractivity contribution in [1.82, 2.24) is 15.1 Å². The van der Waals surface area contributed by atoms with E-state index in [9.17, 15) is 0 Å². The quantitative estimate of drug-likeness (QED) is 0.763. The third kappa shape index (κ3) is 3.12. The van der Waals surface area contributed by atoms with Crippen molar-refractivity contribution >= 4 is 0 Å². The average Bonchev–Trinajstić information content (AvgIpc) is 2.59. The van der Waals surface area contributed by atoms with Gasteiger partial charge in [-0.3, -0.25) is 4.68 Å². The summed E-state index contributed by atoms with van der Waals surface area (Å²) >= 11 is 0. The van der Waals surface area contributed by atoms with E-state index in [-0.39, 0.29) is 6.10 Å². The molecule has 0 spiro atoms. The molecule has 0 saturated heterocycles. The molecule has 1 heterocycles. The Morgan fingerprint density at radius 1 is 1.57 bits per heavy atom. The second kappa shape index (κ2) is 5.12. The number of nitrogens with one attached hydrogen (secondary N) is 1. The highest BCUT2D eigenvalue weighted by Gasteiger charge is 2.10. The maximum Gasteiger partial charge on any atom is 0.0693 e. The molecule has 0 aromatic carbocycles. The minimum atomic E-state index is 0.228. The third-order valence-corrected chi connectivity index (χ3v) is 2.46. The van der Waals surface area contributed by atoms with Gasteiger partial charge in [-0.05, 0) is 13.8 Å². The van der Waals surface area contributed by atoms with Crippen LogP contribution in [0.2, 0.25) is 0 Å². The van der Waals surface area contributed by atoms with Crippen molar-refractivity contribution in [2.75, 3.05) is 7.11 Å². The van der Waals surface area contributed by atoms with Crippen molar-refractivity contribution in [2.24, 2.45) is 7.05 Å². The van der Waals surface area contributed by atoms with Gasteiger partial charge >= 0.3 is 0 Å². The summed E-state index contributed by atoms with van der Waals surface area (Å²) in [5.74, 6) is 0. The molecule has 0 aliphatic rings. The molecule has 0 aliphatic carbocycles. The van der Waals surface area contributed by atoms with Crippen LogP contribution in [-0.2, 0) is 18.3 Å². The van der Waals surface area contributed by atoms with Crippen LogP contribution in [0, 0.1) is 0 Å². The highest BCUT2D eigenvalue weighted by Crippen LogP contribution is 2.00. The summed E-state index contributed by atoms with van der Waals surface area (Å²) in [6.45, 7) is 5.01. The number of methoxy groups -OCH3 is 1. The van der Waals surface area contributed by atoms with Crippen molar-refractivity contribution in [3.63, 3.8) is 0 Å². The molecule has 1 aromatic heterocycles. The predicted molar refractivity (Wildman–Crippen MR) is 56.0 cm³/mol. The Morgan fingerprint density at radius 3 is 2.79 bits per heavy atom. The molecule has 4 nitrogen and oxygen atoms in total. The summed E-state index contributed by atoms with van der Waals surface area (Å²) in [6.07, 6.45) is 4.11.